The summed E-state index contributed by atoms with van der Waals surface area (Å²) in [5, 5.41) is 9.45. The lowest BCUT2D eigenvalue weighted by atomic mass is 9.89. The predicted molar refractivity (Wildman–Crippen MR) is 79.3 cm³/mol. The fraction of sp³-hybridized carbons (Fsp3) is 0.533. The first-order valence-electron chi connectivity index (χ1n) is 6.52. The van der Waals surface area contributed by atoms with Crippen molar-refractivity contribution in [2.45, 2.75) is 32.2 Å². The molecule has 0 saturated carbocycles. The van der Waals surface area contributed by atoms with E-state index in [1.54, 1.807) is 0 Å². The predicted octanol–water partition coefficient (Wildman–Crippen LogP) is 3.35. The smallest absolute Gasteiger partial charge is 0.308 e. The number of nitrogens with zero attached hydrogens (tertiary/aromatic N) is 1. The molecule has 0 spiro atoms. The van der Waals surface area contributed by atoms with Gasteiger partial charge in [-0.05, 0) is 38.5 Å². The second-order valence-corrected chi connectivity index (χ2v) is 7.09. The van der Waals surface area contributed by atoms with Crippen LogP contribution in [0.5, 0.6) is 0 Å². The number of rotatable bonds is 2. The van der Waals surface area contributed by atoms with E-state index in [1.807, 2.05) is 24.3 Å². The molecule has 104 valence electrons. The molecule has 3 nitrogen and oxygen atoms in total. The van der Waals surface area contributed by atoms with E-state index in [0.717, 1.165) is 16.6 Å². The molecule has 1 heterocycles. The summed E-state index contributed by atoms with van der Waals surface area (Å²) in [6, 6.07) is 8.01. The van der Waals surface area contributed by atoms with Crippen LogP contribution >= 0.6 is 15.9 Å². The Balaban J connectivity index is 2.27. The molecule has 1 aliphatic rings. The highest BCUT2D eigenvalue weighted by molar-refractivity contribution is 9.10. The molecule has 19 heavy (non-hydrogen) atoms. The normalized spacial score (nSPS) is 24.6. The summed E-state index contributed by atoms with van der Waals surface area (Å²) in [7, 11) is 0. The van der Waals surface area contributed by atoms with Crippen LogP contribution in [0.4, 0.5) is 0 Å². The zero-order valence-corrected chi connectivity index (χ0v) is 13.1. The van der Waals surface area contributed by atoms with Crippen LogP contribution in [0.2, 0.25) is 0 Å². The van der Waals surface area contributed by atoms with E-state index in [1.165, 1.54) is 0 Å². The highest BCUT2D eigenvalue weighted by atomic mass is 79.9. The summed E-state index contributed by atoms with van der Waals surface area (Å²) in [4.78, 5) is 13.8. The number of benzene rings is 1. The number of hydrogen-bond acceptors (Lipinski definition) is 2. The van der Waals surface area contributed by atoms with Gasteiger partial charge in [-0.25, -0.2) is 0 Å². The van der Waals surface area contributed by atoms with Crippen LogP contribution in [0.3, 0.4) is 0 Å². The minimum atomic E-state index is -0.695. The average molecular weight is 326 g/mol. The summed E-state index contributed by atoms with van der Waals surface area (Å²) in [5.74, 6) is -0.940. The Morgan fingerprint density at radius 1 is 1.26 bits per heavy atom. The molecule has 2 unspecified atom stereocenters. The van der Waals surface area contributed by atoms with Crippen molar-refractivity contribution in [2.24, 2.45) is 5.92 Å². The van der Waals surface area contributed by atoms with Crippen LogP contribution in [0.25, 0.3) is 0 Å². The number of carboxylic acids is 1. The molecular formula is C15H20BrNO2. The molecule has 0 amide bonds. The van der Waals surface area contributed by atoms with Crippen molar-refractivity contribution in [3.63, 3.8) is 0 Å². The van der Waals surface area contributed by atoms with Crippen molar-refractivity contribution in [3.8, 4) is 0 Å². The van der Waals surface area contributed by atoms with Crippen LogP contribution in [0.15, 0.2) is 28.7 Å². The molecule has 0 aliphatic carbocycles. The second-order valence-electron chi connectivity index (χ2n) is 6.18. The fourth-order valence-electron chi connectivity index (χ4n) is 2.65. The van der Waals surface area contributed by atoms with Crippen molar-refractivity contribution >= 4 is 21.9 Å². The first kappa shape index (κ1) is 14.5. The van der Waals surface area contributed by atoms with E-state index >= 15 is 0 Å². The van der Waals surface area contributed by atoms with E-state index in [9.17, 15) is 9.90 Å². The standard InChI is InChI=1S/C15H20BrNO2/c1-15(2,3)17-8-12(13(9-17)14(18)19)10-4-6-11(16)7-5-10/h4-7,12-13H,8-9H2,1-3H3,(H,18,19). The minimum Gasteiger partial charge on any atom is -0.481 e. The molecule has 4 heteroatoms. The third-order valence-corrected chi connectivity index (χ3v) is 4.41. The van der Waals surface area contributed by atoms with E-state index in [0.29, 0.717) is 6.54 Å². The first-order valence-corrected chi connectivity index (χ1v) is 7.31. The van der Waals surface area contributed by atoms with Crippen LogP contribution < -0.4 is 0 Å². The molecule has 1 aromatic rings. The largest absolute Gasteiger partial charge is 0.481 e. The summed E-state index contributed by atoms with van der Waals surface area (Å²) in [6.07, 6.45) is 0. The Labute approximate surface area is 122 Å². The molecule has 1 aromatic carbocycles. The molecule has 2 atom stereocenters. The number of carbonyl (C=O) groups is 1. The summed E-state index contributed by atoms with van der Waals surface area (Å²) >= 11 is 3.41. The molecule has 0 bridgehead atoms. The van der Waals surface area contributed by atoms with Gasteiger partial charge in [-0.2, -0.15) is 0 Å². The van der Waals surface area contributed by atoms with Crippen molar-refractivity contribution < 1.29 is 9.90 Å². The Morgan fingerprint density at radius 2 is 1.84 bits per heavy atom. The third-order valence-electron chi connectivity index (χ3n) is 3.88. The topological polar surface area (TPSA) is 40.5 Å². The number of hydrogen-bond donors (Lipinski definition) is 1. The highest BCUT2D eigenvalue weighted by Gasteiger charge is 2.41. The summed E-state index contributed by atoms with van der Waals surface area (Å²) in [5.41, 5.74) is 1.13. The minimum absolute atomic E-state index is 0.0117. The van der Waals surface area contributed by atoms with Gasteiger partial charge in [-0.3, -0.25) is 9.69 Å². The Hall–Kier alpha value is -0.870. The zero-order chi connectivity index (χ0) is 14.2. The van der Waals surface area contributed by atoms with Crippen LogP contribution in [-0.2, 0) is 4.79 Å². The monoisotopic (exact) mass is 325 g/mol. The van der Waals surface area contributed by atoms with Crippen molar-refractivity contribution in [2.75, 3.05) is 13.1 Å². The summed E-state index contributed by atoms with van der Waals surface area (Å²) < 4.78 is 1.02. The number of halogens is 1. The highest BCUT2D eigenvalue weighted by Crippen LogP contribution is 2.36. The van der Waals surface area contributed by atoms with Crippen LogP contribution in [-0.4, -0.2) is 34.6 Å². The lowest BCUT2D eigenvalue weighted by molar-refractivity contribution is -0.141. The zero-order valence-electron chi connectivity index (χ0n) is 11.6. The van der Waals surface area contributed by atoms with Gasteiger partial charge in [0.05, 0.1) is 5.92 Å². The lowest BCUT2D eigenvalue weighted by Gasteiger charge is -2.31. The summed E-state index contributed by atoms with van der Waals surface area (Å²) in [6.45, 7) is 7.84. The fourth-order valence-corrected chi connectivity index (χ4v) is 2.91. The molecule has 0 aromatic heterocycles. The van der Waals surface area contributed by atoms with Gasteiger partial charge in [-0.15, -0.1) is 0 Å². The van der Waals surface area contributed by atoms with Crippen molar-refractivity contribution in [3.05, 3.63) is 34.3 Å². The van der Waals surface area contributed by atoms with Gasteiger partial charge in [0.1, 0.15) is 0 Å². The van der Waals surface area contributed by atoms with Crippen molar-refractivity contribution in [1.82, 2.24) is 4.90 Å². The van der Waals surface area contributed by atoms with Crippen molar-refractivity contribution in [1.29, 1.82) is 0 Å². The first-order chi connectivity index (χ1) is 8.79. The maximum Gasteiger partial charge on any atom is 0.308 e. The average Bonchev–Trinajstić information content (AvgIpc) is 2.74. The van der Waals surface area contributed by atoms with Crippen LogP contribution in [0.1, 0.15) is 32.3 Å². The molecular weight excluding hydrogens is 306 g/mol. The third kappa shape index (κ3) is 3.18. The quantitative estimate of drug-likeness (QED) is 0.906. The molecule has 1 aliphatic heterocycles. The van der Waals surface area contributed by atoms with Gasteiger partial charge in [0.2, 0.25) is 0 Å². The van der Waals surface area contributed by atoms with E-state index < -0.39 is 5.97 Å². The molecule has 1 fully saturated rings. The second kappa shape index (κ2) is 5.25. The number of likely N-dealkylation sites (tertiary alicyclic amines) is 1. The SMILES string of the molecule is CC(C)(C)N1CC(C(=O)O)C(c2ccc(Br)cc2)C1. The Kier molecular flexibility index (Phi) is 4.02. The van der Waals surface area contributed by atoms with Crippen LogP contribution in [0, 0.1) is 5.92 Å². The molecule has 2 rings (SSSR count). The Bertz CT molecular complexity index is 464. The Morgan fingerprint density at radius 3 is 2.32 bits per heavy atom. The van der Waals surface area contributed by atoms with Gasteiger partial charge >= 0.3 is 5.97 Å². The molecule has 1 saturated heterocycles. The van der Waals surface area contributed by atoms with Gasteiger partial charge in [0.15, 0.2) is 0 Å². The van der Waals surface area contributed by atoms with Gasteiger partial charge in [0, 0.05) is 29.0 Å². The maximum absolute atomic E-state index is 11.5. The number of carboxylic acid groups (broad SMARTS) is 1. The van der Waals surface area contributed by atoms with E-state index in [2.05, 4.69) is 41.6 Å². The maximum atomic E-state index is 11.5. The van der Waals surface area contributed by atoms with Gasteiger partial charge < -0.3 is 5.11 Å². The van der Waals surface area contributed by atoms with Gasteiger partial charge in [0.25, 0.3) is 0 Å². The van der Waals surface area contributed by atoms with E-state index in [4.69, 9.17) is 0 Å². The lowest BCUT2D eigenvalue weighted by Crippen LogP contribution is -2.40. The van der Waals surface area contributed by atoms with E-state index in [-0.39, 0.29) is 17.4 Å². The number of aliphatic carboxylic acids is 1. The molecule has 1 N–H and O–H groups in total. The van der Waals surface area contributed by atoms with Gasteiger partial charge in [-0.1, -0.05) is 28.1 Å². The molecule has 0 radical (unpaired) electrons.